The Kier molecular flexibility index (Phi) is 6.81. The fourth-order valence-electron chi connectivity index (χ4n) is 2.87. The molecule has 8 heteroatoms. The van der Waals surface area contributed by atoms with Gasteiger partial charge in [0.25, 0.3) is 15.9 Å². The first-order chi connectivity index (χ1) is 14.8. The Morgan fingerprint density at radius 3 is 2.39 bits per heavy atom. The van der Waals surface area contributed by atoms with Crippen molar-refractivity contribution in [3.8, 4) is 11.5 Å². The van der Waals surface area contributed by atoms with E-state index in [0.29, 0.717) is 40.6 Å². The number of carbonyl (C=O) groups excluding carboxylic acids is 1. The number of hydrogen-bond acceptors (Lipinski definition) is 5. The zero-order valence-corrected chi connectivity index (χ0v) is 18.3. The summed E-state index contributed by atoms with van der Waals surface area (Å²) in [5.74, 6) is 0.845. The minimum atomic E-state index is -3.83. The number of anilines is 2. The van der Waals surface area contributed by atoms with Gasteiger partial charge in [0.05, 0.1) is 24.3 Å². The number of rotatable bonds is 8. The minimum Gasteiger partial charge on any atom is -0.497 e. The summed E-state index contributed by atoms with van der Waals surface area (Å²) in [4.78, 5) is 12.8. The molecule has 2 N–H and O–H groups in total. The Hall–Kier alpha value is -3.52. The molecule has 3 aromatic rings. The second-order valence-electron chi connectivity index (χ2n) is 6.73. The number of amides is 1. The molecule has 0 aliphatic heterocycles. The summed E-state index contributed by atoms with van der Waals surface area (Å²) in [5, 5.41) is 2.80. The normalized spacial score (nSPS) is 10.9. The maximum absolute atomic E-state index is 12.8. The lowest BCUT2D eigenvalue weighted by atomic mass is 10.1. The van der Waals surface area contributed by atoms with Crippen LogP contribution in [0.1, 0.15) is 22.8 Å². The molecule has 0 aliphatic carbocycles. The summed E-state index contributed by atoms with van der Waals surface area (Å²) in [6, 6.07) is 18.0. The molecule has 0 unspecified atom stereocenters. The Morgan fingerprint density at radius 1 is 0.968 bits per heavy atom. The smallest absolute Gasteiger partial charge is 0.261 e. The Morgan fingerprint density at radius 2 is 1.71 bits per heavy atom. The first-order valence-corrected chi connectivity index (χ1v) is 11.1. The van der Waals surface area contributed by atoms with Gasteiger partial charge in [-0.25, -0.2) is 8.42 Å². The summed E-state index contributed by atoms with van der Waals surface area (Å²) >= 11 is 0. The minimum absolute atomic E-state index is 0.0929. The van der Waals surface area contributed by atoms with Gasteiger partial charge in [0.1, 0.15) is 11.5 Å². The molecular formula is C23H24N2O5S. The summed E-state index contributed by atoms with van der Waals surface area (Å²) in [5.41, 5.74) is 1.91. The van der Waals surface area contributed by atoms with Crippen molar-refractivity contribution in [1.29, 1.82) is 0 Å². The molecule has 31 heavy (non-hydrogen) atoms. The molecule has 0 radical (unpaired) electrons. The SMILES string of the molecule is CCOc1cccc(NC(=O)c2ccc(C)c(NS(=O)(=O)c3ccc(OC)cc3)c2)c1. The zero-order valence-electron chi connectivity index (χ0n) is 17.5. The molecule has 162 valence electrons. The molecule has 3 rings (SSSR count). The van der Waals surface area contributed by atoms with Crippen LogP contribution in [-0.2, 0) is 10.0 Å². The number of methoxy groups -OCH3 is 1. The molecule has 1 amide bonds. The van der Waals surface area contributed by atoms with Crippen LogP contribution in [0.25, 0.3) is 0 Å². The van der Waals surface area contributed by atoms with Crippen LogP contribution in [0.4, 0.5) is 11.4 Å². The molecule has 0 saturated heterocycles. The van der Waals surface area contributed by atoms with E-state index < -0.39 is 10.0 Å². The van der Waals surface area contributed by atoms with Crippen LogP contribution >= 0.6 is 0 Å². The van der Waals surface area contributed by atoms with Gasteiger partial charge in [-0.15, -0.1) is 0 Å². The Balaban J connectivity index is 1.80. The molecule has 0 spiro atoms. The van der Waals surface area contributed by atoms with Gasteiger partial charge in [-0.05, 0) is 67.9 Å². The lowest BCUT2D eigenvalue weighted by Gasteiger charge is -2.13. The van der Waals surface area contributed by atoms with Crippen molar-refractivity contribution in [3.05, 3.63) is 77.9 Å². The first kappa shape index (κ1) is 22.2. The maximum Gasteiger partial charge on any atom is 0.261 e. The molecule has 7 nitrogen and oxygen atoms in total. The van der Waals surface area contributed by atoms with Gasteiger partial charge in [0.15, 0.2) is 0 Å². The van der Waals surface area contributed by atoms with Crippen molar-refractivity contribution in [2.24, 2.45) is 0 Å². The monoisotopic (exact) mass is 440 g/mol. The van der Waals surface area contributed by atoms with E-state index in [9.17, 15) is 13.2 Å². The van der Waals surface area contributed by atoms with Gasteiger partial charge in [0, 0.05) is 17.3 Å². The van der Waals surface area contributed by atoms with E-state index in [1.807, 2.05) is 6.92 Å². The molecule has 0 aliphatic rings. The van der Waals surface area contributed by atoms with Crippen molar-refractivity contribution in [1.82, 2.24) is 0 Å². The van der Waals surface area contributed by atoms with Crippen molar-refractivity contribution in [2.45, 2.75) is 18.7 Å². The summed E-state index contributed by atoms with van der Waals surface area (Å²) < 4.78 is 38.6. The van der Waals surface area contributed by atoms with E-state index in [1.165, 1.54) is 25.3 Å². The second kappa shape index (κ2) is 9.53. The van der Waals surface area contributed by atoms with Gasteiger partial charge in [-0.2, -0.15) is 0 Å². The van der Waals surface area contributed by atoms with Crippen molar-refractivity contribution >= 4 is 27.3 Å². The third kappa shape index (κ3) is 5.55. The fraction of sp³-hybridized carbons (Fsp3) is 0.174. The van der Waals surface area contributed by atoms with Gasteiger partial charge >= 0.3 is 0 Å². The third-order valence-electron chi connectivity index (χ3n) is 4.52. The Labute approximate surface area is 182 Å². The number of nitrogens with one attached hydrogen (secondary N) is 2. The van der Waals surface area contributed by atoms with E-state index in [1.54, 1.807) is 55.5 Å². The highest BCUT2D eigenvalue weighted by Crippen LogP contribution is 2.24. The highest BCUT2D eigenvalue weighted by atomic mass is 32.2. The molecule has 0 atom stereocenters. The van der Waals surface area contributed by atoms with Gasteiger partial charge in [-0.3, -0.25) is 9.52 Å². The van der Waals surface area contributed by atoms with Crippen LogP contribution in [0.3, 0.4) is 0 Å². The highest BCUT2D eigenvalue weighted by Gasteiger charge is 2.17. The lowest BCUT2D eigenvalue weighted by molar-refractivity contribution is 0.102. The summed E-state index contributed by atoms with van der Waals surface area (Å²) in [6.07, 6.45) is 0. The van der Waals surface area contributed by atoms with Gasteiger partial charge in [0.2, 0.25) is 0 Å². The van der Waals surface area contributed by atoms with E-state index in [-0.39, 0.29) is 10.8 Å². The molecule has 3 aromatic carbocycles. The number of carbonyl (C=O) groups is 1. The van der Waals surface area contributed by atoms with Crippen LogP contribution in [0.2, 0.25) is 0 Å². The van der Waals surface area contributed by atoms with Crippen molar-refractivity contribution in [3.63, 3.8) is 0 Å². The number of sulfonamides is 1. The van der Waals surface area contributed by atoms with Crippen LogP contribution in [0.15, 0.2) is 71.6 Å². The standard InChI is InChI=1S/C23H24N2O5S/c1-4-30-20-7-5-6-18(15-20)24-23(26)17-9-8-16(2)22(14-17)25-31(27,28)21-12-10-19(29-3)11-13-21/h5-15,25H,4H2,1-3H3,(H,24,26). The van der Waals surface area contributed by atoms with Crippen LogP contribution in [-0.4, -0.2) is 28.0 Å². The molecule has 0 bridgehead atoms. The lowest BCUT2D eigenvalue weighted by Crippen LogP contribution is -2.16. The molecule has 0 fully saturated rings. The number of aryl methyl sites for hydroxylation is 1. The van der Waals surface area contributed by atoms with Gasteiger partial charge < -0.3 is 14.8 Å². The molecule has 0 aromatic heterocycles. The topological polar surface area (TPSA) is 93.7 Å². The molecule has 0 saturated carbocycles. The second-order valence-corrected chi connectivity index (χ2v) is 8.41. The van der Waals surface area contributed by atoms with Crippen molar-refractivity contribution in [2.75, 3.05) is 23.8 Å². The maximum atomic E-state index is 12.8. The van der Waals surface area contributed by atoms with E-state index in [4.69, 9.17) is 9.47 Å². The predicted octanol–water partition coefficient (Wildman–Crippen LogP) is 4.46. The molecule has 0 heterocycles. The number of benzene rings is 3. The van der Waals surface area contributed by atoms with Crippen LogP contribution < -0.4 is 19.5 Å². The van der Waals surface area contributed by atoms with Gasteiger partial charge in [-0.1, -0.05) is 12.1 Å². The number of ether oxygens (including phenoxy) is 2. The first-order valence-electron chi connectivity index (χ1n) is 9.64. The van der Waals surface area contributed by atoms with Crippen LogP contribution in [0.5, 0.6) is 11.5 Å². The average Bonchev–Trinajstić information content (AvgIpc) is 2.75. The number of hydrogen-bond donors (Lipinski definition) is 2. The van der Waals surface area contributed by atoms with E-state index >= 15 is 0 Å². The highest BCUT2D eigenvalue weighted by molar-refractivity contribution is 7.92. The van der Waals surface area contributed by atoms with E-state index in [2.05, 4.69) is 10.0 Å². The van der Waals surface area contributed by atoms with Crippen molar-refractivity contribution < 1.29 is 22.7 Å². The van der Waals surface area contributed by atoms with E-state index in [0.717, 1.165) is 0 Å². The third-order valence-corrected chi connectivity index (χ3v) is 5.90. The van der Waals surface area contributed by atoms with Crippen LogP contribution in [0, 0.1) is 6.92 Å². The average molecular weight is 441 g/mol. The predicted molar refractivity (Wildman–Crippen MR) is 121 cm³/mol. The quantitative estimate of drug-likeness (QED) is 0.540. The Bertz CT molecular complexity index is 1170. The zero-order chi connectivity index (χ0) is 22.4. The largest absolute Gasteiger partial charge is 0.497 e. The summed E-state index contributed by atoms with van der Waals surface area (Å²) in [6.45, 7) is 4.16. The fourth-order valence-corrected chi connectivity index (χ4v) is 3.99. The summed E-state index contributed by atoms with van der Waals surface area (Å²) in [7, 11) is -2.32. The molecular weight excluding hydrogens is 416 g/mol.